The molecule has 0 radical (unpaired) electrons. The summed E-state index contributed by atoms with van der Waals surface area (Å²) in [6, 6.07) is 16.0. The van der Waals surface area contributed by atoms with Crippen LogP contribution in [0, 0.1) is 0 Å². The van der Waals surface area contributed by atoms with Gasteiger partial charge in [0, 0.05) is 28.7 Å². The van der Waals surface area contributed by atoms with Crippen LogP contribution in [0.3, 0.4) is 0 Å². The average Bonchev–Trinajstić information content (AvgIpc) is 3.26. The van der Waals surface area contributed by atoms with Crippen LogP contribution in [0.5, 0.6) is 0 Å². The highest BCUT2D eigenvalue weighted by atomic mass is 32.2. The highest BCUT2D eigenvalue weighted by Crippen LogP contribution is 2.33. The number of nitrogens with one attached hydrogen (secondary N) is 1. The number of thiophene rings is 1. The minimum atomic E-state index is -0.537. The number of nitrogens with zero attached hydrogens (tertiary/aromatic N) is 2. The number of allylic oxidation sites excluding steroid dienone is 1. The Bertz CT molecular complexity index is 1430. The van der Waals surface area contributed by atoms with Crippen molar-refractivity contribution in [2.45, 2.75) is 23.9 Å². The highest BCUT2D eigenvalue weighted by molar-refractivity contribution is 8.00. The number of thioether (sulfide) groups is 1. The molecule has 2 aromatic heterocycles. The fourth-order valence-corrected chi connectivity index (χ4v) is 5.30. The molecular weight excluding hydrogens is 468 g/mol. The van der Waals surface area contributed by atoms with E-state index in [1.54, 1.807) is 41.8 Å². The van der Waals surface area contributed by atoms with E-state index in [0.717, 1.165) is 11.1 Å². The van der Waals surface area contributed by atoms with Crippen LogP contribution in [0.4, 0.5) is 5.69 Å². The van der Waals surface area contributed by atoms with Crippen LogP contribution in [0.15, 0.2) is 82.6 Å². The Kier molecular flexibility index (Phi) is 6.95. The molecule has 0 bridgehead atoms. The molecular formula is C25H22N4O3S2. The van der Waals surface area contributed by atoms with E-state index in [2.05, 4.69) is 11.9 Å². The molecule has 0 aliphatic rings. The molecule has 0 spiro atoms. The Hall–Kier alpha value is -3.69. The maximum atomic E-state index is 13.5. The van der Waals surface area contributed by atoms with Gasteiger partial charge in [-0.1, -0.05) is 48.2 Å². The zero-order valence-corrected chi connectivity index (χ0v) is 20.0. The SMILES string of the molecule is C=CCn1c(SC(C)C(=O)Nc2ccc(C(N)=O)cc2)nc2scc(-c3ccccc3)c2c1=O. The van der Waals surface area contributed by atoms with Gasteiger partial charge >= 0.3 is 0 Å². The summed E-state index contributed by atoms with van der Waals surface area (Å²) in [6.07, 6.45) is 1.64. The number of amides is 2. The maximum Gasteiger partial charge on any atom is 0.263 e. The van der Waals surface area contributed by atoms with Crippen molar-refractivity contribution in [3.8, 4) is 11.1 Å². The minimum absolute atomic E-state index is 0.165. The molecule has 0 aliphatic heterocycles. The first kappa shape index (κ1) is 23.5. The first-order valence-corrected chi connectivity index (χ1v) is 12.2. The third-order valence-corrected chi connectivity index (χ3v) is 7.11. The number of carbonyl (C=O) groups excluding carboxylic acids is 2. The van der Waals surface area contributed by atoms with Gasteiger partial charge < -0.3 is 11.1 Å². The molecule has 7 nitrogen and oxygen atoms in total. The van der Waals surface area contributed by atoms with Crippen LogP contribution in [0.25, 0.3) is 21.3 Å². The van der Waals surface area contributed by atoms with Crippen molar-refractivity contribution in [2.75, 3.05) is 5.32 Å². The topological polar surface area (TPSA) is 107 Å². The Balaban J connectivity index is 1.62. The lowest BCUT2D eigenvalue weighted by atomic mass is 10.1. The van der Waals surface area contributed by atoms with Crippen molar-refractivity contribution < 1.29 is 9.59 Å². The standard InChI is InChI=1S/C25H22N4O3S2/c1-3-13-29-24(32)20-19(16-7-5-4-6-8-16)14-33-23(20)28-25(29)34-15(2)22(31)27-18-11-9-17(10-12-18)21(26)30/h3-12,14-15H,1,13H2,2H3,(H2,26,30)(H,27,31). The predicted molar refractivity (Wildman–Crippen MR) is 138 cm³/mol. The molecule has 2 heterocycles. The second-order valence-corrected chi connectivity index (χ2v) is 9.65. The molecule has 0 fully saturated rings. The minimum Gasteiger partial charge on any atom is -0.366 e. The zero-order valence-electron chi connectivity index (χ0n) is 18.4. The van der Waals surface area contributed by atoms with Crippen LogP contribution < -0.4 is 16.6 Å². The molecule has 2 aromatic carbocycles. The van der Waals surface area contributed by atoms with E-state index >= 15 is 0 Å². The van der Waals surface area contributed by atoms with E-state index in [-0.39, 0.29) is 18.0 Å². The number of nitrogens with two attached hydrogens (primary N) is 1. The number of fused-ring (bicyclic) bond motifs is 1. The average molecular weight is 491 g/mol. The Morgan fingerprint density at radius 1 is 1.21 bits per heavy atom. The van der Waals surface area contributed by atoms with Crippen molar-refractivity contribution >= 4 is 50.8 Å². The van der Waals surface area contributed by atoms with Gasteiger partial charge in [-0.05, 0) is 36.8 Å². The van der Waals surface area contributed by atoms with Crippen molar-refractivity contribution in [2.24, 2.45) is 5.73 Å². The van der Waals surface area contributed by atoms with Gasteiger partial charge in [-0.25, -0.2) is 4.98 Å². The molecule has 4 aromatic rings. The van der Waals surface area contributed by atoms with Crippen molar-refractivity contribution in [3.05, 3.63) is 88.5 Å². The summed E-state index contributed by atoms with van der Waals surface area (Å²) in [6.45, 7) is 5.79. The summed E-state index contributed by atoms with van der Waals surface area (Å²) >= 11 is 2.61. The Morgan fingerprint density at radius 2 is 1.91 bits per heavy atom. The molecule has 4 rings (SSSR count). The fourth-order valence-electron chi connectivity index (χ4n) is 3.39. The van der Waals surface area contributed by atoms with Crippen molar-refractivity contribution in [1.29, 1.82) is 0 Å². The summed E-state index contributed by atoms with van der Waals surface area (Å²) < 4.78 is 1.55. The fraction of sp³-hybridized carbons (Fsp3) is 0.120. The molecule has 2 amide bonds. The monoisotopic (exact) mass is 490 g/mol. The molecule has 3 N–H and O–H groups in total. The number of anilines is 1. The maximum absolute atomic E-state index is 13.5. The van der Waals surface area contributed by atoms with Gasteiger partial charge in [-0.2, -0.15) is 0 Å². The number of hydrogen-bond donors (Lipinski definition) is 2. The van der Waals surface area contributed by atoms with Gasteiger partial charge in [0.25, 0.3) is 5.56 Å². The van der Waals surface area contributed by atoms with Gasteiger partial charge in [0.05, 0.1) is 10.6 Å². The number of primary amides is 1. The lowest BCUT2D eigenvalue weighted by Gasteiger charge is -2.15. The van der Waals surface area contributed by atoms with E-state index in [1.165, 1.54) is 23.1 Å². The largest absolute Gasteiger partial charge is 0.366 e. The normalized spacial score (nSPS) is 11.8. The molecule has 0 aliphatic carbocycles. The van der Waals surface area contributed by atoms with Crippen LogP contribution >= 0.6 is 23.1 Å². The Morgan fingerprint density at radius 3 is 2.56 bits per heavy atom. The van der Waals surface area contributed by atoms with Crippen LogP contribution in [0.2, 0.25) is 0 Å². The first-order valence-electron chi connectivity index (χ1n) is 10.4. The first-order chi connectivity index (χ1) is 16.4. The van der Waals surface area contributed by atoms with Crippen LogP contribution in [0.1, 0.15) is 17.3 Å². The lowest BCUT2D eigenvalue weighted by molar-refractivity contribution is -0.115. The van der Waals surface area contributed by atoms with Gasteiger partial charge in [-0.15, -0.1) is 17.9 Å². The number of rotatable bonds is 8. The summed E-state index contributed by atoms with van der Waals surface area (Å²) in [5.41, 5.74) is 7.79. The smallest absolute Gasteiger partial charge is 0.263 e. The van der Waals surface area contributed by atoms with Crippen LogP contribution in [-0.4, -0.2) is 26.6 Å². The number of hydrogen-bond acceptors (Lipinski definition) is 6. The van der Waals surface area contributed by atoms with Crippen molar-refractivity contribution in [3.63, 3.8) is 0 Å². The van der Waals surface area contributed by atoms with Crippen molar-refractivity contribution in [1.82, 2.24) is 9.55 Å². The van der Waals surface area contributed by atoms with Gasteiger partial charge in [0.1, 0.15) is 4.83 Å². The number of benzene rings is 2. The molecule has 0 saturated carbocycles. The number of aromatic nitrogens is 2. The summed E-state index contributed by atoms with van der Waals surface area (Å²) in [4.78, 5) is 42.8. The zero-order chi connectivity index (χ0) is 24.2. The second-order valence-electron chi connectivity index (χ2n) is 7.49. The van der Waals surface area contributed by atoms with Gasteiger partial charge in [0.2, 0.25) is 11.8 Å². The van der Waals surface area contributed by atoms with Gasteiger partial charge in [-0.3, -0.25) is 19.0 Å². The molecule has 1 atom stereocenters. The quantitative estimate of drug-likeness (QED) is 0.214. The van der Waals surface area contributed by atoms with E-state index in [4.69, 9.17) is 10.7 Å². The van der Waals surface area contributed by atoms with Gasteiger partial charge in [0.15, 0.2) is 5.16 Å². The third kappa shape index (κ3) is 4.80. The Labute approximate surface area is 204 Å². The molecule has 172 valence electrons. The number of carbonyl (C=O) groups is 2. The summed E-state index contributed by atoms with van der Waals surface area (Å²) in [5.74, 6) is -0.792. The molecule has 1 unspecified atom stereocenters. The third-order valence-electron chi connectivity index (χ3n) is 5.14. The molecule has 0 saturated heterocycles. The van der Waals surface area contributed by atoms with E-state index in [9.17, 15) is 14.4 Å². The molecule has 9 heteroatoms. The summed E-state index contributed by atoms with van der Waals surface area (Å²) in [7, 11) is 0. The second kappa shape index (κ2) is 10.1. The highest BCUT2D eigenvalue weighted by Gasteiger charge is 2.21. The summed E-state index contributed by atoms with van der Waals surface area (Å²) in [5, 5.41) is 5.23. The van der Waals surface area contributed by atoms with Crippen LogP contribution in [-0.2, 0) is 11.3 Å². The van der Waals surface area contributed by atoms with E-state index < -0.39 is 11.2 Å². The van der Waals surface area contributed by atoms with E-state index in [1.807, 2.05) is 35.7 Å². The van der Waals surface area contributed by atoms with E-state index in [0.29, 0.717) is 26.6 Å². The molecule has 34 heavy (non-hydrogen) atoms. The predicted octanol–water partition coefficient (Wildman–Crippen LogP) is 4.53. The lowest BCUT2D eigenvalue weighted by Crippen LogP contribution is -2.26.